The first-order chi connectivity index (χ1) is 14.3. The van der Waals surface area contributed by atoms with Gasteiger partial charge in [-0.1, -0.05) is 96.6 Å². The molecule has 2 fully saturated rings. The summed E-state index contributed by atoms with van der Waals surface area (Å²) in [4.78, 5) is 0. The zero-order chi connectivity index (χ0) is 20.3. The number of benzene rings is 1. The Hall–Kier alpha value is -0.980. The predicted molar refractivity (Wildman–Crippen MR) is 126 cm³/mol. The highest BCUT2D eigenvalue weighted by atomic mass is 16.5. The molecule has 0 spiro atoms. The van der Waals surface area contributed by atoms with Gasteiger partial charge in [0.1, 0.15) is 5.75 Å². The van der Waals surface area contributed by atoms with Gasteiger partial charge in [0.05, 0.1) is 6.61 Å². The lowest BCUT2D eigenvalue weighted by molar-refractivity contribution is 0.234. The third kappa shape index (κ3) is 7.99. The molecule has 0 radical (unpaired) electrons. The van der Waals surface area contributed by atoms with E-state index < -0.39 is 0 Å². The fourth-order valence-electron chi connectivity index (χ4n) is 5.83. The molecule has 0 aliphatic heterocycles. The molecule has 0 aromatic heterocycles. The summed E-state index contributed by atoms with van der Waals surface area (Å²) in [7, 11) is 0. The van der Waals surface area contributed by atoms with Gasteiger partial charge in [0, 0.05) is 0 Å². The highest BCUT2D eigenvalue weighted by Gasteiger charge is 2.21. The van der Waals surface area contributed by atoms with Crippen molar-refractivity contribution in [3.8, 4) is 5.75 Å². The molecule has 0 amide bonds. The van der Waals surface area contributed by atoms with Crippen molar-refractivity contribution in [1.82, 2.24) is 0 Å². The Kier molecular flexibility index (Phi) is 9.91. The summed E-state index contributed by atoms with van der Waals surface area (Å²) in [6.07, 6.45) is 21.1. The zero-order valence-corrected chi connectivity index (χ0v) is 19.3. The van der Waals surface area contributed by atoms with Crippen LogP contribution < -0.4 is 4.74 Å². The Labute approximate surface area is 181 Å². The van der Waals surface area contributed by atoms with Gasteiger partial charge in [0.15, 0.2) is 0 Å². The molecule has 0 atom stereocenters. The molecule has 0 saturated heterocycles. The molecule has 2 saturated carbocycles. The molecule has 164 valence electrons. The Morgan fingerprint density at radius 2 is 1.24 bits per heavy atom. The van der Waals surface area contributed by atoms with Gasteiger partial charge in [0.2, 0.25) is 0 Å². The maximum Gasteiger partial charge on any atom is 0.119 e. The van der Waals surface area contributed by atoms with Crippen molar-refractivity contribution in [1.29, 1.82) is 0 Å². The van der Waals surface area contributed by atoms with Crippen LogP contribution in [0.2, 0.25) is 0 Å². The molecular weight excluding hydrogens is 352 g/mol. The van der Waals surface area contributed by atoms with Gasteiger partial charge in [-0.05, 0) is 67.1 Å². The van der Waals surface area contributed by atoms with Crippen LogP contribution in [0.4, 0.5) is 0 Å². The number of hydrogen-bond acceptors (Lipinski definition) is 1. The fraction of sp³-hybridized carbons (Fsp3) is 0.786. The van der Waals surface area contributed by atoms with Crippen LogP contribution in [0.3, 0.4) is 0 Å². The first kappa shape index (κ1) is 22.7. The van der Waals surface area contributed by atoms with Gasteiger partial charge in [-0.3, -0.25) is 0 Å². The van der Waals surface area contributed by atoms with Crippen LogP contribution in [0.1, 0.15) is 109 Å². The average Bonchev–Trinajstić information content (AvgIpc) is 2.78. The molecule has 0 unspecified atom stereocenters. The quantitative estimate of drug-likeness (QED) is 0.339. The predicted octanol–water partition coefficient (Wildman–Crippen LogP) is 8.60. The number of hydrogen-bond donors (Lipinski definition) is 0. The summed E-state index contributed by atoms with van der Waals surface area (Å²) in [6.45, 7) is 5.56. The number of aryl methyl sites for hydroxylation is 1. The van der Waals surface area contributed by atoms with E-state index in [1.165, 1.54) is 102 Å². The second-order valence-electron chi connectivity index (χ2n) is 10.1. The first-order valence-corrected chi connectivity index (χ1v) is 13.0. The number of ether oxygens (including phenoxy) is 1. The van der Waals surface area contributed by atoms with Gasteiger partial charge in [-0.25, -0.2) is 0 Å². The summed E-state index contributed by atoms with van der Waals surface area (Å²) in [5.41, 5.74) is 1.49. The van der Waals surface area contributed by atoms with Crippen LogP contribution in [-0.2, 0) is 6.42 Å². The van der Waals surface area contributed by atoms with Crippen molar-refractivity contribution in [2.24, 2.45) is 23.7 Å². The van der Waals surface area contributed by atoms with Gasteiger partial charge >= 0.3 is 0 Å². The second kappa shape index (κ2) is 12.7. The van der Waals surface area contributed by atoms with Crippen LogP contribution in [-0.4, -0.2) is 6.61 Å². The summed E-state index contributed by atoms with van der Waals surface area (Å²) < 4.78 is 6.02. The van der Waals surface area contributed by atoms with E-state index in [9.17, 15) is 0 Å². The minimum Gasteiger partial charge on any atom is -0.494 e. The molecule has 1 heteroatoms. The van der Waals surface area contributed by atoms with E-state index in [2.05, 4.69) is 38.1 Å². The number of rotatable bonds is 11. The van der Waals surface area contributed by atoms with Gasteiger partial charge in [0.25, 0.3) is 0 Å². The van der Waals surface area contributed by atoms with Crippen LogP contribution in [0.25, 0.3) is 0 Å². The van der Waals surface area contributed by atoms with Crippen molar-refractivity contribution < 1.29 is 4.74 Å². The normalized spacial score (nSPS) is 27.7. The highest BCUT2D eigenvalue weighted by Crippen LogP contribution is 2.34. The van der Waals surface area contributed by atoms with Crippen LogP contribution in [0, 0.1) is 23.7 Å². The van der Waals surface area contributed by atoms with Gasteiger partial charge < -0.3 is 4.74 Å². The Morgan fingerprint density at radius 3 is 1.83 bits per heavy atom. The van der Waals surface area contributed by atoms with Crippen LogP contribution >= 0.6 is 0 Å². The minimum absolute atomic E-state index is 0.883. The molecule has 0 bridgehead atoms. The first-order valence-electron chi connectivity index (χ1n) is 13.0. The molecule has 3 rings (SSSR count). The highest BCUT2D eigenvalue weighted by molar-refractivity contribution is 5.27. The Bertz CT molecular complexity index is 532. The summed E-state index contributed by atoms with van der Waals surface area (Å²) in [6, 6.07) is 8.98. The summed E-state index contributed by atoms with van der Waals surface area (Å²) >= 11 is 0. The molecule has 1 nitrogen and oxygen atoms in total. The minimum atomic E-state index is 0.883. The standard InChI is InChI=1S/C28H46O/c1-3-6-24-12-14-26(15-13-24)16-17-27-18-20-28(21-19-27)29-22-5-7-25-10-8-23(4-2)9-11-25/h18-21,23-26H,3-17,22H2,1-2H3. The summed E-state index contributed by atoms with van der Waals surface area (Å²) in [5, 5.41) is 0. The fourth-order valence-corrected chi connectivity index (χ4v) is 5.83. The van der Waals surface area contributed by atoms with Crippen molar-refractivity contribution in [2.75, 3.05) is 6.61 Å². The van der Waals surface area contributed by atoms with Crippen LogP contribution in [0.5, 0.6) is 5.75 Å². The van der Waals surface area contributed by atoms with E-state index in [-0.39, 0.29) is 0 Å². The van der Waals surface area contributed by atoms with Crippen molar-refractivity contribution in [3.63, 3.8) is 0 Å². The van der Waals surface area contributed by atoms with E-state index in [1.54, 1.807) is 0 Å². The molecule has 0 N–H and O–H groups in total. The van der Waals surface area contributed by atoms with Crippen LogP contribution in [0.15, 0.2) is 24.3 Å². The molecule has 29 heavy (non-hydrogen) atoms. The second-order valence-corrected chi connectivity index (χ2v) is 10.1. The smallest absolute Gasteiger partial charge is 0.119 e. The maximum atomic E-state index is 6.02. The lowest BCUT2D eigenvalue weighted by Crippen LogP contribution is -2.15. The molecule has 1 aromatic carbocycles. The van der Waals surface area contributed by atoms with E-state index in [1.807, 2.05) is 0 Å². The largest absolute Gasteiger partial charge is 0.494 e. The lowest BCUT2D eigenvalue weighted by atomic mass is 9.78. The van der Waals surface area contributed by atoms with E-state index in [4.69, 9.17) is 4.74 Å². The average molecular weight is 399 g/mol. The SMILES string of the molecule is CCCC1CCC(CCc2ccc(OCCCC3CCC(CC)CC3)cc2)CC1. The summed E-state index contributed by atoms with van der Waals surface area (Å²) in [5.74, 6) is 5.02. The molecule has 2 aliphatic rings. The molecule has 1 aromatic rings. The van der Waals surface area contributed by atoms with Gasteiger partial charge in [-0.2, -0.15) is 0 Å². The molecular formula is C28H46O. The van der Waals surface area contributed by atoms with E-state index in [0.717, 1.165) is 36.0 Å². The topological polar surface area (TPSA) is 9.23 Å². The third-order valence-corrected chi connectivity index (χ3v) is 8.00. The molecule has 2 aliphatic carbocycles. The Morgan fingerprint density at radius 1 is 0.690 bits per heavy atom. The monoisotopic (exact) mass is 398 g/mol. The van der Waals surface area contributed by atoms with Crippen molar-refractivity contribution in [2.45, 2.75) is 110 Å². The zero-order valence-electron chi connectivity index (χ0n) is 19.3. The molecule has 0 heterocycles. The van der Waals surface area contributed by atoms with Crippen molar-refractivity contribution in [3.05, 3.63) is 29.8 Å². The van der Waals surface area contributed by atoms with Gasteiger partial charge in [-0.15, -0.1) is 0 Å². The Balaban J connectivity index is 1.26. The lowest BCUT2D eigenvalue weighted by Gasteiger charge is -2.28. The van der Waals surface area contributed by atoms with E-state index in [0.29, 0.717) is 0 Å². The third-order valence-electron chi connectivity index (χ3n) is 8.00. The van der Waals surface area contributed by atoms with E-state index >= 15 is 0 Å². The van der Waals surface area contributed by atoms with Crippen molar-refractivity contribution >= 4 is 0 Å². The maximum absolute atomic E-state index is 6.02.